The Morgan fingerprint density at radius 2 is 1.62 bits per heavy atom. The van der Waals surface area contributed by atoms with Gasteiger partial charge >= 0.3 is 0 Å². The maximum absolute atomic E-state index is 12.9. The van der Waals surface area contributed by atoms with E-state index in [2.05, 4.69) is 39.6 Å². The van der Waals surface area contributed by atoms with E-state index in [1.54, 1.807) is 12.1 Å². The molecule has 1 heterocycles. The molecule has 0 saturated carbocycles. The zero-order chi connectivity index (χ0) is 17.4. The van der Waals surface area contributed by atoms with Crippen molar-refractivity contribution in [1.82, 2.24) is 14.9 Å². The third kappa shape index (κ3) is 6.50. The van der Waals surface area contributed by atoms with E-state index in [-0.39, 0.29) is 5.82 Å². The van der Waals surface area contributed by atoms with Crippen LogP contribution in [0, 0.1) is 12.7 Å². The average Bonchev–Trinajstić information content (AvgIpc) is 2.53. The van der Waals surface area contributed by atoms with Gasteiger partial charge in [-0.15, -0.1) is 0 Å². The lowest BCUT2D eigenvalue weighted by Crippen LogP contribution is -2.17. The van der Waals surface area contributed by atoms with Crippen LogP contribution < -0.4 is 10.6 Å². The van der Waals surface area contributed by atoms with Crippen LogP contribution in [0.15, 0.2) is 30.3 Å². The first kappa shape index (κ1) is 18.1. The van der Waals surface area contributed by atoms with Crippen molar-refractivity contribution in [2.75, 3.05) is 44.4 Å². The van der Waals surface area contributed by atoms with E-state index in [0.29, 0.717) is 0 Å². The van der Waals surface area contributed by atoms with Crippen LogP contribution in [0.4, 0.5) is 16.0 Å². The molecule has 24 heavy (non-hydrogen) atoms. The molecule has 0 spiro atoms. The number of aryl methyl sites for hydroxylation is 1. The van der Waals surface area contributed by atoms with E-state index < -0.39 is 0 Å². The van der Waals surface area contributed by atoms with Crippen molar-refractivity contribution in [3.05, 3.63) is 47.5 Å². The number of halogens is 1. The van der Waals surface area contributed by atoms with Crippen LogP contribution in [0.3, 0.4) is 0 Å². The highest BCUT2D eigenvalue weighted by atomic mass is 19.1. The summed E-state index contributed by atoms with van der Waals surface area (Å²) < 4.78 is 12.9. The van der Waals surface area contributed by atoms with E-state index in [1.807, 2.05) is 13.0 Å². The molecule has 0 aliphatic heterocycles. The first-order valence-electron chi connectivity index (χ1n) is 8.25. The van der Waals surface area contributed by atoms with E-state index in [9.17, 15) is 4.39 Å². The molecule has 2 N–H and O–H groups in total. The zero-order valence-corrected chi connectivity index (χ0v) is 14.6. The van der Waals surface area contributed by atoms with Crippen LogP contribution in [0.1, 0.15) is 17.8 Å². The SMILES string of the molecule is Cc1nc(NCCCN(C)C)cc(NCCc2ccc(F)cc2)n1. The molecular weight excluding hydrogens is 305 g/mol. The largest absolute Gasteiger partial charge is 0.370 e. The predicted molar refractivity (Wildman–Crippen MR) is 97.0 cm³/mol. The van der Waals surface area contributed by atoms with Crippen molar-refractivity contribution in [2.24, 2.45) is 0 Å². The van der Waals surface area contributed by atoms with Gasteiger partial charge in [-0.05, 0) is 58.1 Å². The highest BCUT2D eigenvalue weighted by molar-refractivity contribution is 5.47. The van der Waals surface area contributed by atoms with Crippen LogP contribution in [0.5, 0.6) is 0 Å². The third-order valence-electron chi connectivity index (χ3n) is 3.56. The Bertz CT molecular complexity index is 628. The molecule has 5 nitrogen and oxygen atoms in total. The fourth-order valence-corrected chi connectivity index (χ4v) is 2.35. The molecule has 1 aromatic carbocycles. The third-order valence-corrected chi connectivity index (χ3v) is 3.56. The van der Waals surface area contributed by atoms with Gasteiger partial charge in [0.2, 0.25) is 0 Å². The van der Waals surface area contributed by atoms with Crippen LogP contribution in [-0.4, -0.2) is 48.6 Å². The second-order valence-electron chi connectivity index (χ2n) is 6.07. The Kier molecular flexibility index (Phi) is 6.93. The Morgan fingerprint density at radius 3 is 2.25 bits per heavy atom. The molecule has 0 unspecified atom stereocenters. The fraction of sp³-hybridized carbons (Fsp3) is 0.444. The van der Waals surface area contributed by atoms with Crippen molar-refractivity contribution < 1.29 is 4.39 Å². The summed E-state index contributed by atoms with van der Waals surface area (Å²) in [6.45, 7) is 4.54. The standard InChI is InChI=1S/C18H26FN5/c1-14-22-17(20-10-4-12-24(2)3)13-18(23-14)21-11-9-15-5-7-16(19)8-6-15/h5-8,13H,4,9-12H2,1-3H3,(H2,20,21,22,23). The number of hydrogen-bond acceptors (Lipinski definition) is 5. The van der Waals surface area contributed by atoms with E-state index in [4.69, 9.17) is 0 Å². The molecule has 0 amide bonds. The summed E-state index contributed by atoms with van der Waals surface area (Å²) in [5, 5.41) is 6.64. The summed E-state index contributed by atoms with van der Waals surface area (Å²) in [6.07, 6.45) is 1.87. The molecule has 0 aliphatic carbocycles. The zero-order valence-electron chi connectivity index (χ0n) is 14.6. The number of nitrogens with one attached hydrogen (secondary N) is 2. The summed E-state index contributed by atoms with van der Waals surface area (Å²) in [5.41, 5.74) is 1.09. The molecule has 0 atom stereocenters. The first-order valence-corrected chi connectivity index (χ1v) is 8.25. The van der Waals surface area contributed by atoms with E-state index in [1.165, 1.54) is 12.1 Å². The van der Waals surface area contributed by atoms with Gasteiger partial charge in [-0.25, -0.2) is 14.4 Å². The lowest BCUT2D eigenvalue weighted by molar-refractivity contribution is 0.405. The van der Waals surface area contributed by atoms with Gasteiger partial charge in [-0.2, -0.15) is 0 Å². The minimum absolute atomic E-state index is 0.205. The summed E-state index contributed by atoms with van der Waals surface area (Å²) in [6, 6.07) is 8.51. The minimum Gasteiger partial charge on any atom is -0.370 e. The van der Waals surface area contributed by atoms with Gasteiger partial charge in [0.15, 0.2) is 0 Å². The topological polar surface area (TPSA) is 53.1 Å². The van der Waals surface area contributed by atoms with Gasteiger partial charge in [0.25, 0.3) is 0 Å². The Morgan fingerprint density at radius 1 is 1.00 bits per heavy atom. The van der Waals surface area contributed by atoms with Crippen molar-refractivity contribution in [1.29, 1.82) is 0 Å². The summed E-state index contributed by atoms with van der Waals surface area (Å²) >= 11 is 0. The molecule has 0 saturated heterocycles. The fourth-order valence-electron chi connectivity index (χ4n) is 2.35. The first-order chi connectivity index (χ1) is 11.5. The number of benzene rings is 1. The molecule has 0 bridgehead atoms. The second kappa shape index (κ2) is 9.17. The number of nitrogens with zero attached hydrogens (tertiary/aromatic N) is 3. The van der Waals surface area contributed by atoms with Gasteiger partial charge in [-0.3, -0.25) is 0 Å². The highest BCUT2D eigenvalue weighted by Gasteiger charge is 2.02. The van der Waals surface area contributed by atoms with Crippen LogP contribution in [0.25, 0.3) is 0 Å². The van der Waals surface area contributed by atoms with Gasteiger partial charge in [0.05, 0.1) is 0 Å². The molecule has 6 heteroatoms. The van der Waals surface area contributed by atoms with Gasteiger partial charge < -0.3 is 15.5 Å². The van der Waals surface area contributed by atoms with E-state index in [0.717, 1.165) is 55.5 Å². The van der Waals surface area contributed by atoms with Crippen molar-refractivity contribution in [2.45, 2.75) is 19.8 Å². The quantitative estimate of drug-likeness (QED) is 0.692. The monoisotopic (exact) mass is 331 g/mol. The number of rotatable bonds is 9. The van der Waals surface area contributed by atoms with Crippen LogP contribution >= 0.6 is 0 Å². The minimum atomic E-state index is -0.205. The normalized spacial score (nSPS) is 10.9. The maximum atomic E-state index is 12.9. The van der Waals surface area contributed by atoms with E-state index >= 15 is 0 Å². The molecule has 0 fully saturated rings. The predicted octanol–water partition coefficient (Wildman–Crippen LogP) is 2.94. The van der Waals surface area contributed by atoms with Gasteiger partial charge in [0, 0.05) is 19.2 Å². The molecule has 0 radical (unpaired) electrons. The number of aromatic nitrogens is 2. The lowest BCUT2D eigenvalue weighted by atomic mass is 10.1. The summed E-state index contributed by atoms with van der Waals surface area (Å²) in [7, 11) is 4.13. The van der Waals surface area contributed by atoms with Gasteiger partial charge in [0.1, 0.15) is 23.3 Å². The maximum Gasteiger partial charge on any atom is 0.131 e. The Labute approximate surface area is 143 Å². The molecule has 2 rings (SSSR count). The number of anilines is 2. The molecule has 130 valence electrons. The molecule has 0 aliphatic rings. The lowest BCUT2D eigenvalue weighted by Gasteiger charge is -2.12. The van der Waals surface area contributed by atoms with Crippen molar-refractivity contribution in [3.63, 3.8) is 0 Å². The Balaban J connectivity index is 1.82. The average molecular weight is 331 g/mol. The molecule has 2 aromatic rings. The number of hydrogen-bond donors (Lipinski definition) is 2. The smallest absolute Gasteiger partial charge is 0.131 e. The highest BCUT2D eigenvalue weighted by Crippen LogP contribution is 2.11. The summed E-state index contributed by atoms with van der Waals surface area (Å²) in [4.78, 5) is 11.0. The molecule has 1 aromatic heterocycles. The van der Waals surface area contributed by atoms with Crippen molar-refractivity contribution in [3.8, 4) is 0 Å². The van der Waals surface area contributed by atoms with Crippen LogP contribution in [0.2, 0.25) is 0 Å². The summed E-state index contributed by atoms with van der Waals surface area (Å²) in [5.74, 6) is 2.17. The van der Waals surface area contributed by atoms with Crippen LogP contribution in [-0.2, 0) is 6.42 Å². The molecular formula is C18H26FN5. The Hall–Kier alpha value is -2.21. The van der Waals surface area contributed by atoms with Gasteiger partial charge in [-0.1, -0.05) is 12.1 Å². The van der Waals surface area contributed by atoms with Crippen molar-refractivity contribution >= 4 is 11.6 Å². The second-order valence-corrected chi connectivity index (χ2v) is 6.07.